The van der Waals surface area contributed by atoms with Gasteiger partial charge in [0.2, 0.25) is 0 Å². The van der Waals surface area contributed by atoms with Gasteiger partial charge in [0.05, 0.1) is 10.0 Å². The molecule has 0 aliphatic heterocycles. The van der Waals surface area contributed by atoms with Crippen LogP contribution in [0.2, 0.25) is 10.0 Å². The zero-order valence-electron chi connectivity index (χ0n) is 10.8. The Morgan fingerprint density at radius 3 is 2.56 bits per heavy atom. The third-order valence-corrected chi connectivity index (χ3v) is 4.07. The first kappa shape index (κ1) is 13.8. The van der Waals surface area contributed by atoms with Crippen LogP contribution in [0.1, 0.15) is 33.1 Å². The number of hydrogen-bond acceptors (Lipinski definition) is 3. The van der Waals surface area contributed by atoms with E-state index >= 15 is 0 Å². The average molecular weight is 288 g/mol. The van der Waals surface area contributed by atoms with Gasteiger partial charge in [-0.15, -0.1) is 0 Å². The summed E-state index contributed by atoms with van der Waals surface area (Å²) in [5, 5.41) is 7.66. The molecule has 1 aromatic heterocycles. The van der Waals surface area contributed by atoms with Crippen LogP contribution in [0.25, 0.3) is 0 Å². The highest BCUT2D eigenvalue weighted by Gasteiger charge is 2.24. The molecule has 5 heteroatoms. The standard InChI is InChI=1S/C13H19Cl2N3/c1-3-16-12-10(14)7-11(15)13(18-12)17-8(2)9-5-4-6-9/h7-9H,3-6H2,1-2H3,(H2,16,17,18). The highest BCUT2D eigenvalue weighted by atomic mass is 35.5. The Kier molecular flexibility index (Phi) is 4.57. The maximum atomic E-state index is 6.17. The van der Waals surface area contributed by atoms with Gasteiger partial charge >= 0.3 is 0 Å². The van der Waals surface area contributed by atoms with Gasteiger partial charge in [-0.1, -0.05) is 29.6 Å². The van der Waals surface area contributed by atoms with Crippen molar-refractivity contribution >= 4 is 34.8 Å². The van der Waals surface area contributed by atoms with Crippen LogP contribution in [0.5, 0.6) is 0 Å². The van der Waals surface area contributed by atoms with E-state index in [1.54, 1.807) is 6.07 Å². The topological polar surface area (TPSA) is 37.0 Å². The van der Waals surface area contributed by atoms with Crippen molar-refractivity contribution < 1.29 is 0 Å². The van der Waals surface area contributed by atoms with E-state index in [4.69, 9.17) is 23.2 Å². The van der Waals surface area contributed by atoms with Crippen molar-refractivity contribution in [2.45, 2.75) is 39.2 Å². The van der Waals surface area contributed by atoms with E-state index in [9.17, 15) is 0 Å². The van der Waals surface area contributed by atoms with Crippen LogP contribution < -0.4 is 10.6 Å². The number of nitrogens with zero attached hydrogens (tertiary/aromatic N) is 1. The fourth-order valence-electron chi connectivity index (χ4n) is 2.13. The summed E-state index contributed by atoms with van der Waals surface area (Å²) in [6, 6.07) is 2.14. The monoisotopic (exact) mass is 287 g/mol. The molecule has 1 aliphatic rings. The smallest absolute Gasteiger partial charge is 0.147 e. The fraction of sp³-hybridized carbons (Fsp3) is 0.615. The molecule has 0 bridgehead atoms. The third-order valence-electron chi connectivity index (χ3n) is 3.50. The zero-order valence-corrected chi connectivity index (χ0v) is 12.3. The van der Waals surface area contributed by atoms with Crippen molar-refractivity contribution in [2.75, 3.05) is 17.2 Å². The lowest BCUT2D eigenvalue weighted by atomic mass is 9.80. The predicted molar refractivity (Wildman–Crippen MR) is 78.8 cm³/mol. The summed E-state index contributed by atoms with van der Waals surface area (Å²) in [4.78, 5) is 4.46. The molecule has 0 saturated heterocycles. The highest BCUT2D eigenvalue weighted by molar-refractivity contribution is 6.37. The lowest BCUT2D eigenvalue weighted by Crippen LogP contribution is -2.31. The van der Waals surface area contributed by atoms with Crippen molar-refractivity contribution in [3.63, 3.8) is 0 Å². The molecule has 2 N–H and O–H groups in total. The Morgan fingerprint density at radius 1 is 1.33 bits per heavy atom. The molecule has 0 aromatic carbocycles. The fourth-order valence-corrected chi connectivity index (χ4v) is 2.61. The summed E-state index contributed by atoms with van der Waals surface area (Å²) in [6.07, 6.45) is 3.92. The molecular formula is C13H19Cl2N3. The molecule has 1 fully saturated rings. The first-order valence-electron chi connectivity index (χ1n) is 6.48. The predicted octanol–water partition coefficient (Wildman–Crippen LogP) is 4.42. The molecule has 0 radical (unpaired) electrons. The Balaban J connectivity index is 2.12. The molecule has 100 valence electrons. The van der Waals surface area contributed by atoms with Crippen molar-refractivity contribution in [1.29, 1.82) is 0 Å². The summed E-state index contributed by atoms with van der Waals surface area (Å²) < 4.78 is 0. The van der Waals surface area contributed by atoms with Gasteiger partial charge in [0.15, 0.2) is 0 Å². The van der Waals surface area contributed by atoms with E-state index in [2.05, 4.69) is 22.5 Å². The normalized spacial score (nSPS) is 17.1. The summed E-state index contributed by atoms with van der Waals surface area (Å²) in [7, 11) is 0. The van der Waals surface area contributed by atoms with E-state index in [1.807, 2.05) is 6.92 Å². The second kappa shape index (κ2) is 5.98. The van der Waals surface area contributed by atoms with Gasteiger partial charge in [0, 0.05) is 12.6 Å². The number of rotatable bonds is 5. The van der Waals surface area contributed by atoms with Gasteiger partial charge < -0.3 is 10.6 Å². The van der Waals surface area contributed by atoms with Crippen LogP contribution >= 0.6 is 23.2 Å². The Bertz CT molecular complexity index is 419. The maximum Gasteiger partial charge on any atom is 0.147 e. The molecule has 2 rings (SSSR count). The van der Waals surface area contributed by atoms with Crippen LogP contribution in [0.3, 0.4) is 0 Å². The minimum Gasteiger partial charge on any atom is -0.369 e. The molecule has 1 saturated carbocycles. The second-order valence-electron chi connectivity index (χ2n) is 4.80. The Hall–Kier alpha value is -0.670. The second-order valence-corrected chi connectivity index (χ2v) is 5.62. The van der Waals surface area contributed by atoms with Crippen LogP contribution in [-0.2, 0) is 0 Å². The van der Waals surface area contributed by atoms with Crippen molar-refractivity contribution in [1.82, 2.24) is 4.98 Å². The van der Waals surface area contributed by atoms with E-state index in [-0.39, 0.29) is 0 Å². The van der Waals surface area contributed by atoms with Gasteiger partial charge in [-0.2, -0.15) is 0 Å². The first-order chi connectivity index (χ1) is 8.61. The summed E-state index contributed by atoms with van der Waals surface area (Å²) in [5.74, 6) is 2.14. The summed E-state index contributed by atoms with van der Waals surface area (Å²) in [6.45, 7) is 4.98. The molecule has 0 spiro atoms. The molecular weight excluding hydrogens is 269 g/mol. The molecule has 18 heavy (non-hydrogen) atoms. The van der Waals surface area contributed by atoms with Crippen LogP contribution in [0.15, 0.2) is 6.07 Å². The van der Waals surface area contributed by atoms with Gasteiger partial charge in [-0.25, -0.2) is 4.98 Å². The Labute approximate surface area is 118 Å². The highest BCUT2D eigenvalue weighted by Crippen LogP contribution is 2.34. The number of pyridine rings is 1. The van der Waals surface area contributed by atoms with E-state index in [0.717, 1.165) is 18.3 Å². The van der Waals surface area contributed by atoms with Crippen molar-refractivity contribution in [3.05, 3.63) is 16.1 Å². The minimum atomic E-state index is 0.402. The van der Waals surface area contributed by atoms with Crippen molar-refractivity contribution in [3.8, 4) is 0 Å². The number of nitrogens with one attached hydrogen (secondary N) is 2. The Morgan fingerprint density at radius 2 is 2.00 bits per heavy atom. The lowest BCUT2D eigenvalue weighted by molar-refractivity contribution is 0.285. The maximum absolute atomic E-state index is 6.17. The molecule has 1 aliphatic carbocycles. The molecule has 1 aromatic rings. The van der Waals surface area contributed by atoms with Gasteiger partial charge in [-0.05, 0) is 38.7 Å². The summed E-state index contributed by atoms with van der Waals surface area (Å²) >= 11 is 12.3. The lowest BCUT2D eigenvalue weighted by Gasteiger charge is -2.32. The van der Waals surface area contributed by atoms with Gasteiger partial charge in [-0.3, -0.25) is 0 Å². The van der Waals surface area contributed by atoms with Crippen LogP contribution in [0, 0.1) is 5.92 Å². The summed E-state index contributed by atoms with van der Waals surface area (Å²) in [5.41, 5.74) is 0. The SMILES string of the molecule is CCNc1nc(NC(C)C2CCC2)c(Cl)cc1Cl. The number of aromatic nitrogens is 1. The number of hydrogen-bond donors (Lipinski definition) is 2. The molecule has 1 heterocycles. The van der Waals surface area contributed by atoms with E-state index in [0.29, 0.717) is 21.9 Å². The van der Waals surface area contributed by atoms with Gasteiger partial charge in [0.1, 0.15) is 11.6 Å². The molecule has 1 unspecified atom stereocenters. The number of halogens is 2. The third kappa shape index (κ3) is 3.01. The molecule has 1 atom stereocenters. The zero-order chi connectivity index (χ0) is 13.1. The van der Waals surface area contributed by atoms with Crippen LogP contribution in [-0.4, -0.2) is 17.6 Å². The van der Waals surface area contributed by atoms with Crippen molar-refractivity contribution in [2.24, 2.45) is 5.92 Å². The largest absolute Gasteiger partial charge is 0.369 e. The molecule has 0 amide bonds. The average Bonchev–Trinajstić information content (AvgIpc) is 2.22. The van der Waals surface area contributed by atoms with Crippen LogP contribution in [0.4, 0.5) is 11.6 Å². The van der Waals surface area contributed by atoms with E-state index < -0.39 is 0 Å². The van der Waals surface area contributed by atoms with Gasteiger partial charge in [0.25, 0.3) is 0 Å². The van der Waals surface area contributed by atoms with E-state index in [1.165, 1.54) is 19.3 Å². The number of anilines is 2. The minimum absolute atomic E-state index is 0.402. The molecule has 3 nitrogen and oxygen atoms in total. The first-order valence-corrected chi connectivity index (χ1v) is 7.23. The quantitative estimate of drug-likeness (QED) is 0.842.